The highest BCUT2D eigenvalue weighted by Crippen LogP contribution is 2.34. The van der Waals surface area contributed by atoms with Crippen molar-refractivity contribution in [3.8, 4) is 0 Å². The molecule has 0 radical (unpaired) electrons. The average molecular weight is 382 g/mol. The van der Waals surface area contributed by atoms with Crippen LogP contribution in [0.4, 0.5) is 0 Å². The van der Waals surface area contributed by atoms with Crippen molar-refractivity contribution >= 4 is 11.7 Å². The van der Waals surface area contributed by atoms with Gasteiger partial charge in [0, 0.05) is 31.0 Å². The predicted octanol–water partition coefficient (Wildman–Crippen LogP) is 5.28. The number of rotatable bonds is 7. The molecule has 0 aromatic carbocycles. The molecule has 0 bridgehead atoms. The van der Waals surface area contributed by atoms with Crippen LogP contribution >= 0.6 is 0 Å². The number of ether oxygens (including phenoxy) is 1. The molecule has 0 aliphatic heterocycles. The molecule has 2 rings (SSSR count). The molecule has 0 atom stereocenters. The molecule has 158 valence electrons. The monoisotopic (exact) mass is 381 g/mol. The van der Waals surface area contributed by atoms with E-state index in [9.17, 15) is 9.59 Å². The van der Waals surface area contributed by atoms with Crippen molar-refractivity contribution in [2.24, 2.45) is 29.4 Å². The molecule has 2 fully saturated rings. The molecule has 2 aliphatic rings. The van der Waals surface area contributed by atoms with Gasteiger partial charge in [0.25, 0.3) is 0 Å². The number of hydrogen-bond donors (Lipinski definition) is 1. The number of carbonyl (C=O) groups is 2. The molecule has 2 aliphatic carbocycles. The van der Waals surface area contributed by atoms with Gasteiger partial charge in [-0.05, 0) is 57.8 Å². The van der Waals surface area contributed by atoms with Gasteiger partial charge in [-0.15, -0.1) is 0 Å². The van der Waals surface area contributed by atoms with Crippen molar-refractivity contribution in [3.05, 3.63) is 0 Å². The zero-order valence-corrected chi connectivity index (χ0v) is 18.0. The van der Waals surface area contributed by atoms with E-state index in [1.807, 2.05) is 6.92 Å². The van der Waals surface area contributed by atoms with Crippen LogP contribution in [0.5, 0.6) is 0 Å². The highest BCUT2D eigenvalue weighted by Gasteiger charge is 2.32. The fourth-order valence-corrected chi connectivity index (χ4v) is 4.20. The summed E-state index contributed by atoms with van der Waals surface area (Å²) >= 11 is 0. The second-order valence-electron chi connectivity index (χ2n) is 8.77. The van der Waals surface area contributed by atoms with Crippen LogP contribution in [0.15, 0.2) is 0 Å². The third-order valence-electron chi connectivity index (χ3n) is 6.08. The molecule has 2 N–H and O–H groups in total. The Morgan fingerprint density at radius 1 is 0.852 bits per heavy atom. The Bertz CT molecular complexity index is 406. The SMILES string of the molecule is CCOCCC(C)C.NC(=O)C1CCC(C(=O)C2CCCCCCC2)CC1. The van der Waals surface area contributed by atoms with Gasteiger partial charge in [0.05, 0.1) is 0 Å². The van der Waals surface area contributed by atoms with Gasteiger partial charge in [-0.1, -0.05) is 46.0 Å². The minimum Gasteiger partial charge on any atom is -0.382 e. The summed E-state index contributed by atoms with van der Waals surface area (Å²) in [5, 5.41) is 0. The Labute approximate surface area is 167 Å². The first-order chi connectivity index (χ1) is 13.0. The first-order valence-electron chi connectivity index (χ1n) is 11.4. The summed E-state index contributed by atoms with van der Waals surface area (Å²) in [6.07, 6.45) is 13.1. The zero-order chi connectivity index (χ0) is 20.1. The highest BCUT2D eigenvalue weighted by molar-refractivity contribution is 5.84. The van der Waals surface area contributed by atoms with Gasteiger partial charge < -0.3 is 10.5 Å². The molecule has 0 saturated heterocycles. The van der Waals surface area contributed by atoms with Gasteiger partial charge in [-0.25, -0.2) is 0 Å². The van der Waals surface area contributed by atoms with Crippen LogP contribution in [0.25, 0.3) is 0 Å². The summed E-state index contributed by atoms with van der Waals surface area (Å²) in [7, 11) is 0. The van der Waals surface area contributed by atoms with Crippen molar-refractivity contribution in [1.82, 2.24) is 0 Å². The van der Waals surface area contributed by atoms with Crippen molar-refractivity contribution in [3.63, 3.8) is 0 Å². The number of nitrogens with two attached hydrogens (primary N) is 1. The summed E-state index contributed by atoms with van der Waals surface area (Å²) < 4.78 is 5.14. The van der Waals surface area contributed by atoms with E-state index >= 15 is 0 Å². The summed E-state index contributed by atoms with van der Waals surface area (Å²) in [6, 6.07) is 0. The van der Waals surface area contributed by atoms with Gasteiger partial charge >= 0.3 is 0 Å². The van der Waals surface area contributed by atoms with Gasteiger partial charge in [0.15, 0.2) is 0 Å². The Kier molecular flexibility index (Phi) is 12.6. The minimum absolute atomic E-state index is 0.0152. The fourth-order valence-electron chi connectivity index (χ4n) is 4.20. The standard InChI is InChI=1S/C16H27NO2.C7H16O/c17-16(19)14-10-8-13(9-11-14)15(18)12-6-4-2-1-3-5-7-12;1-4-8-6-5-7(2)3/h12-14H,1-11H2,(H2,17,19);7H,4-6H2,1-3H3. The van der Waals surface area contributed by atoms with Gasteiger partial charge in [0.1, 0.15) is 5.78 Å². The summed E-state index contributed by atoms with van der Waals surface area (Å²) in [4.78, 5) is 23.7. The second kappa shape index (κ2) is 14.1. The van der Waals surface area contributed by atoms with Crippen molar-refractivity contribution in [2.75, 3.05) is 13.2 Å². The highest BCUT2D eigenvalue weighted by atomic mass is 16.5. The Morgan fingerprint density at radius 2 is 1.33 bits per heavy atom. The van der Waals surface area contributed by atoms with E-state index in [2.05, 4.69) is 13.8 Å². The number of amides is 1. The van der Waals surface area contributed by atoms with Gasteiger partial charge in [0.2, 0.25) is 5.91 Å². The summed E-state index contributed by atoms with van der Waals surface area (Å²) in [5.74, 6) is 1.61. The van der Waals surface area contributed by atoms with E-state index in [1.54, 1.807) is 0 Å². The van der Waals surface area contributed by atoms with Crippen molar-refractivity contribution in [1.29, 1.82) is 0 Å². The quantitative estimate of drug-likeness (QED) is 0.610. The summed E-state index contributed by atoms with van der Waals surface area (Å²) in [5.41, 5.74) is 5.35. The smallest absolute Gasteiger partial charge is 0.220 e. The largest absolute Gasteiger partial charge is 0.382 e. The molecule has 1 amide bonds. The number of carbonyl (C=O) groups excluding carboxylic acids is 2. The van der Waals surface area contributed by atoms with E-state index in [4.69, 9.17) is 10.5 Å². The van der Waals surface area contributed by atoms with Gasteiger partial charge in [-0.3, -0.25) is 9.59 Å². The number of primary amides is 1. The van der Waals surface area contributed by atoms with Crippen LogP contribution in [-0.4, -0.2) is 24.9 Å². The maximum absolute atomic E-state index is 12.6. The van der Waals surface area contributed by atoms with E-state index < -0.39 is 0 Å². The lowest BCUT2D eigenvalue weighted by atomic mass is 9.74. The lowest BCUT2D eigenvalue weighted by Crippen LogP contribution is -2.32. The molecule has 2 saturated carbocycles. The van der Waals surface area contributed by atoms with Crippen LogP contribution in [0.1, 0.15) is 97.8 Å². The number of hydrogen-bond acceptors (Lipinski definition) is 3. The van der Waals surface area contributed by atoms with Gasteiger partial charge in [-0.2, -0.15) is 0 Å². The molecule has 0 aromatic rings. The minimum atomic E-state index is -0.183. The zero-order valence-electron chi connectivity index (χ0n) is 18.0. The second-order valence-corrected chi connectivity index (χ2v) is 8.77. The molecule has 0 aromatic heterocycles. The van der Waals surface area contributed by atoms with E-state index in [-0.39, 0.29) is 17.7 Å². The molecule has 0 unspecified atom stereocenters. The lowest BCUT2D eigenvalue weighted by molar-refractivity contribution is -0.131. The third kappa shape index (κ3) is 10.3. The first-order valence-corrected chi connectivity index (χ1v) is 11.4. The van der Waals surface area contributed by atoms with Crippen LogP contribution in [0, 0.1) is 23.7 Å². The topological polar surface area (TPSA) is 69.4 Å². The molecule has 0 spiro atoms. The predicted molar refractivity (Wildman–Crippen MR) is 111 cm³/mol. The Morgan fingerprint density at radius 3 is 1.81 bits per heavy atom. The maximum Gasteiger partial charge on any atom is 0.220 e. The Hall–Kier alpha value is -0.900. The maximum atomic E-state index is 12.6. The third-order valence-corrected chi connectivity index (χ3v) is 6.08. The molecular formula is C23H43NO3. The van der Waals surface area contributed by atoms with Crippen LogP contribution in [0.2, 0.25) is 0 Å². The van der Waals surface area contributed by atoms with Crippen LogP contribution in [0.3, 0.4) is 0 Å². The molecule has 27 heavy (non-hydrogen) atoms. The molecule has 4 heteroatoms. The van der Waals surface area contributed by atoms with E-state index in [1.165, 1.54) is 38.5 Å². The molecule has 4 nitrogen and oxygen atoms in total. The average Bonchev–Trinajstić information content (AvgIpc) is 2.61. The Balaban J connectivity index is 0.000000387. The van der Waals surface area contributed by atoms with Crippen LogP contribution < -0.4 is 5.73 Å². The lowest BCUT2D eigenvalue weighted by Gasteiger charge is -2.29. The van der Waals surface area contributed by atoms with E-state index in [0.29, 0.717) is 11.7 Å². The van der Waals surface area contributed by atoms with E-state index in [0.717, 1.165) is 57.7 Å². The summed E-state index contributed by atoms with van der Waals surface area (Å²) in [6.45, 7) is 8.22. The van der Waals surface area contributed by atoms with Crippen molar-refractivity contribution in [2.45, 2.75) is 97.8 Å². The number of ketones is 1. The normalized spacial score (nSPS) is 24.4. The van der Waals surface area contributed by atoms with Crippen molar-refractivity contribution < 1.29 is 14.3 Å². The van der Waals surface area contributed by atoms with Crippen LogP contribution in [-0.2, 0) is 14.3 Å². The fraction of sp³-hybridized carbons (Fsp3) is 0.913. The molecule has 0 heterocycles. The first kappa shape index (κ1) is 24.1. The number of Topliss-reactive ketones (excluding diaryl/α,β-unsaturated/α-hetero) is 1. The molecular weight excluding hydrogens is 338 g/mol.